The van der Waals surface area contributed by atoms with Crippen molar-refractivity contribution in [1.29, 1.82) is 0 Å². The third-order valence-electron chi connectivity index (χ3n) is 4.55. The van der Waals surface area contributed by atoms with Crippen LogP contribution in [0.4, 0.5) is 5.69 Å². The van der Waals surface area contributed by atoms with E-state index in [1.807, 2.05) is 49.4 Å². The number of benzene rings is 2. The summed E-state index contributed by atoms with van der Waals surface area (Å²) in [5, 5.41) is 8.33. The average molecular weight is 348 g/mol. The van der Waals surface area contributed by atoms with Crippen LogP contribution in [0, 0.1) is 6.92 Å². The summed E-state index contributed by atoms with van der Waals surface area (Å²) in [5.41, 5.74) is 4.15. The van der Waals surface area contributed by atoms with Gasteiger partial charge in [0.05, 0.1) is 11.4 Å². The second-order valence-electron chi connectivity index (χ2n) is 6.40. The summed E-state index contributed by atoms with van der Waals surface area (Å²) < 4.78 is 1.72. The Morgan fingerprint density at radius 2 is 1.77 bits per heavy atom. The monoisotopic (exact) mass is 348 g/mol. The first-order valence-corrected chi connectivity index (χ1v) is 8.96. The number of carbonyl (C=O) groups excluding carboxylic acids is 1. The van der Waals surface area contributed by atoms with E-state index in [1.54, 1.807) is 16.6 Å². The fourth-order valence-corrected chi connectivity index (χ4v) is 2.88. The topological polar surface area (TPSA) is 51.0 Å². The van der Waals surface area contributed by atoms with Crippen molar-refractivity contribution in [3.63, 3.8) is 0 Å². The highest BCUT2D eigenvalue weighted by Crippen LogP contribution is 2.18. The number of unbranched alkanes of at least 4 members (excludes halogenated alkanes) is 1. The summed E-state index contributed by atoms with van der Waals surface area (Å²) in [5.74, 6) is -0.167. The highest BCUT2D eigenvalue weighted by atomic mass is 16.2. The molecule has 5 nitrogen and oxygen atoms in total. The molecule has 0 saturated carbocycles. The molecular weight excluding hydrogens is 324 g/mol. The maximum absolute atomic E-state index is 12.8. The molecule has 1 amide bonds. The van der Waals surface area contributed by atoms with Crippen LogP contribution >= 0.6 is 0 Å². The highest BCUT2D eigenvalue weighted by Gasteiger charge is 2.21. The van der Waals surface area contributed by atoms with Crippen LogP contribution < -0.4 is 4.90 Å². The molecule has 0 unspecified atom stereocenters. The molecule has 0 bridgehead atoms. The average Bonchev–Trinajstić information content (AvgIpc) is 3.07. The number of para-hydroxylation sites is 1. The van der Waals surface area contributed by atoms with E-state index >= 15 is 0 Å². The summed E-state index contributed by atoms with van der Waals surface area (Å²) >= 11 is 0. The Labute approximate surface area is 154 Å². The fourth-order valence-electron chi connectivity index (χ4n) is 2.88. The SMILES string of the molecule is CCCCc1ccc(-n2nnc(C(=O)N(C)c3ccccc3)c2C)cc1. The summed E-state index contributed by atoms with van der Waals surface area (Å²) in [7, 11) is 1.75. The second-order valence-corrected chi connectivity index (χ2v) is 6.40. The molecule has 2 aromatic carbocycles. The zero-order valence-electron chi connectivity index (χ0n) is 15.5. The smallest absolute Gasteiger partial charge is 0.280 e. The molecular formula is C21H24N4O. The normalized spacial score (nSPS) is 10.7. The molecule has 0 aliphatic rings. The molecule has 3 rings (SSSR count). The number of aromatic nitrogens is 3. The molecule has 0 aliphatic carbocycles. The van der Waals surface area contributed by atoms with E-state index in [0.29, 0.717) is 5.69 Å². The van der Waals surface area contributed by atoms with Crippen molar-refractivity contribution in [2.75, 3.05) is 11.9 Å². The van der Waals surface area contributed by atoms with Gasteiger partial charge in [-0.05, 0) is 49.6 Å². The van der Waals surface area contributed by atoms with Crippen LogP contribution in [0.15, 0.2) is 54.6 Å². The Balaban J connectivity index is 1.82. The van der Waals surface area contributed by atoms with E-state index in [1.165, 1.54) is 18.4 Å². The molecule has 5 heteroatoms. The van der Waals surface area contributed by atoms with Crippen molar-refractivity contribution >= 4 is 11.6 Å². The van der Waals surface area contributed by atoms with Crippen molar-refractivity contribution in [3.8, 4) is 5.69 Å². The van der Waals surface area contributed by atoms with Crippen molar-refractivity contribution in [1.82, 2.24) is 15.0 Å². The standard InChI is InChI=1S/C21H24N4O/c1-4-5-9-17-12-14-19(15-13-17)25-16(2)20(22-23-25)21(26)24(3)18-10-7-6-8-11-18/h6-8,10-15H,4-5,9H2,1-3H3. The number of hydrogen-bond donors (Lipinski definition) is 0. The number of anilines is 1. The van der Waals surface area contributed by atoms with Crippen LogP contribution in [0.5, 0.6) is 0 Å². The summed E-state index contributed by atoms with van der Waals surface area (Å²) in [4.78, 5) is 14.4. The highest BCUT2D eigenvalue weighted by molar-refractivity contribution is 6.05. The number of nitrogens with zero attached hydrogens (tertiary/aromatic N) is 4. The molecule has 26 heavy (non-hydrogen) atoms. The number of hydrogen-bond acceptors (Lipinski definition) is 3. The van der Waals surface area contributed by atoms with Gasteiger partial charge in [0.15, 0.2) is 5.69 Å². The Hall–Kier alpha value is -2.95. The lowest BCUT2D eigenvalue weighted by Crippen LogP contribution is -2.27. The van der Waals surface area contributed by atoms with Gasteiger partial charge in [-0.3, -0.25) is 4.79 Å². The Morgan fingerprint density at radius 1 is 1.08 bits per heavy atom. The Morgan fingerprint density at radius 3 is 2.42 bits per heavy atom. The lowest BCUT2D eigenvalue weighted by molar-refractivity contribution is 0.0987. The molecule has 0 atom stereocenters. The summed E-state index contributed by atoms with van der Waals surface area (Å²) in [6, 6.07) is 17.8. The molecule has 0 aliphatic heterocycles. The van der Waals surface area contributed by atoms with Crippen LogP contribution in [-0.2, 0) is 6.42 Å². The van der Waals surface area contributed by atoms with E-state index in [2.05, 4.69) is 29.4 Å². The van der Waals surface area contributed by atoms with Gasteiger partial charge in [0.25, 0.3) is 5.91 Å². The minimum absolute atomic E-state index is 0.167. The Kier molecular flexibility index (Phi) is 5.46. The third-order valence-corrected chi connectivity index (χ3v) is 4.55. The van der Waals surface area contributed by atoms with E-state index < -0.39 is 0 Å². The first-order valence-electron chi connectivity index (χ1n) is 8.96. The molecule has 0 saturated heterocycles. The van der Waals surface area contributed by atoms with Crippen LogP contribution in [0.3, 0.4) is 0 Å². The zero-order valence-corrected chi connectivity index (χ0v) is 15.5. The van der Waals surface area contributed by atoms with Gasteiger partial charge in [-0.25, -0.2) is 4.68 Å². The van der Waals surface area contributed by atoms with Crippen LogP contribution in [-0.4, -0.2) is 27.9 Å². The number of amides is 1. The maximum Gasteiger partial charge on any atom is 0.280 e. The predicted octanol–water partition coefficient (Wildman–Crippen LogP) is 4.19. The van der Waals surface area contributed by atoms with E-state index in [9.17, 15) is 4.79 Å². The fraction of sp³-hybridized carbons (Fsp3) is 0.286. The molecule has 1 heterocycles. The van der Waals surface area contributed by atoms with Gasteiger partial charge < -0.3 is 4.90 Å². The van der Waals surface area contributed by atoms with E-state index in [-0.39, 0.29) is 5.91 Å². The van der Waals surface area contributed by atoms with Gasteiger partial charge in [-0.2, -0.15) is 0 Å². The molecule has 134 valence electrons. The van der Waals surface area contributed by atoms with E-state index in [4.69, 9.17) is 0 Å². The van der Waals surface area contributed by atoms with Gasteiger partial charge in [-0.15, -0.1) is 5.10 Å². The van der Waals surface area contributed by atoms with Crippen LogP contribution in [0.1, 0.15) is 41.5 Å². The largest absolute Gasteiger partial charge is 0.310 e. The molecule has 0 N–H and O–H groups in total. The van der Waals surface area contributed by atoms with Crippen molar-refractivity contribution in [2.24, 2.45) is 0 Å². The summed E-state index contributed by atoms with van der Waals surface area (Å²) in [6.45, 7) is 4.06. The number of carbonyl (C=O) groups is 1. The van der Waals surface area contributed by atoms with Crippen LogP contribution in [0.2, 0.25) is 0 Å². The van der Waals surface area contributed by atoms with Gasteiger partial charge in [0.1, 0.15) is 0 Å². The maximum atomic E-state index is 12.8. The van der Waals surface area contributed by atoms with Gasteiger partial charge in [-0.1, -0.05) is 48.9 Å². The summed E-state index contributed by atoms with van der Waals surface area (Å²) in [6.07, 6.45) is 3.45. The first-order chi connectivity index (χ1) is 12.6. The first kappa shape index (κ1) is 17.9. The lowest BCUT2D eigenvalue weighted by Gasteiger charge is -2.16. The molecule has 3 aromatic rings. The van der Waals surface area contributed by atoms with Gasteiger partial charge in [0, 0.05) is 12.7 Å². The van der Waals surface area contributed by atoms with Crippen LogP contribution in [0.25, 0.3) is 5.69 Å². The zero-order chi connectivity index (χ0) is 18.5. The van der Waals surface area contributed by atoms with Crippen molar-refractivity contribution in [2.45, 2.75) is 33.1 Å². The molecule has 0 fully saturated rings. The second kappa shape index (κ2) is 7.95. The van der Waals surface area contributed by atoms with Crippen molar-refractivity contribution < 1.29 is 4.79 Å². The minimum atomic E-state index is -0.167. The lowest BCUT2D eigenvalue weighted by atomic mass is 10.1. The van der Waals surface area contributed by atoms with E-state index in [0.717, 1.165) is 23.5 Å². The quantitative estimate of drug-likeness (QED) is 0.671. The van der Waals surface area contributed by atoms with Crippen molar-refractivity contribution in [3.05, 3.63) is 71.5 Å². The molecule has 1 aromatic heterocycles. The number of rotatable bonds is 6. The Bertz CT molecular complexity index is 869. The number of aryl methyl sites for hydroxylation is 1. The third kappa shape index (κ3) is 3.67. The minimum Gasteiger partial charge on any atom is -0.310 e. The predicted molar refractivity (Wildman–Crippen MR) is 104 cm³/mol. The molecule has 0 radical (unpaired) electrons. The van der Waals surface area contributed by atoms with Gasteiger partial charge in [0.2, 0.25) is 0 Å². The molecule has 0 spiro atoms. The van der Waals surface area contributed by atoms with Gasteiger partial charge >= 0.3 is 0 Å².